The molecule has 1 aliphatic carbocycles. The molecule has 1 saturated carbocycles. The number of amides is 1. The second kappa shape index (κ2) is 8.15. The summed E-state index contributed by atoms with van der Waals surface area (Å²) in [6.07, 6.45) is 3.29. The highest BCUT2D eigenvalue weighted by Gasteiger charge is 2.42. The van der Waals surface area contributed by atoms with Crippen molar-refractivity contribution in [1.29, 1.82) is 0 Å². The zero-order chi connectivity index (χ0) is 18.7. The highest BCUT2D eigenvalue weighted by atomic mass is 19.1. The number of hydrogen-bond donors (Lipinski definition) is 2. The summed E-state index contributed by atoms with van der Waals surface area (Å²) >= 11 is 0. The van der Waals surface area contributed by atoms with Crippen LogP contribution in [0.4, 0.5) is 9.18 Å². The number of halogens is 1. The van der Waals surface area contributed by atoms with Gasteiger partial charge in [-0.25, -0.2) is 9.18 Å². The smallest absolute Gasteiger partial charge is 0.410 e. The zero-order valence-corrected chi connectivity index (χ0v) is 15.8. The Morgan fingerprint density at radius 1 is 1.22 bits per heavy atom. The molecular formula is C21H30FN3O2. The number of piperidine rings is 2. The van der Waals surface area contributed by atoms with E-state index in [2.05, 4.69) is 34.9 Å². The first-order valence-electron chi connectivity index (χ1n) is 10.3. The first kappa shape index (κ1) is 18.7. The molecule has 0 bridgehead atoms. The second-order valence-electron chi connectivity index (χ2n) is 8.21. The Balaban J connectivity index is 1.18. The maximum absolute atomic E-state index is 15.1. The summed E-state index contributed by atoms with van der Waals surface area (Å²) in [6.45, 7) is 3.03. The molecule has 2 saturated heterocycles. The molecule has 2 atom stereocenters. The molecule has 2 N–H and O–H groups in total. The lowest BCUT2D eigenvalue weighted by Crippen LogP contribution is -2.50. The molecular weight excluding hydrogens is 345 g/mol. The molecule has 27 heavy (non-hydrogen) atoms. The molecule has 148 valence electrons. The van der Waals surface area contributed by atoms with Crippen molar-refractivity contribution in [1.82, 2.24) is 15.5 Å². The van der Waals surface area contributed by atoms with Crippen molar-refractivity contribution in [2.75, 3.05) is 32.7 Å². The SMILES string of the molecule is O=C(OC1CCNCC1)N1CCC(F)(CN[C@@H]2C[C@H]2c2ccccc2)CC1. The fourth-order valence-electron chi connectivity index (χ4n) is 4.20. The Morgan fingerprint density at radius 3 is 2.63 bits per heavy atom. The number of nitrogens with one attached hydrogen (secondary N) is 2. The van der Waals surface area contributed by atoms with Gasteiger partial charge in [-0.15, -0.1) is 0 Å². The number of rotatable bonds is 5. The minimum absolute atomic E-state index is 0.00210. The fraction of sp³-hybridized carbons (Fsp3) is 0.667. The second-order valence-corrected chi connectivity index (χ2v) is 8.21. The standard InChI is InChI=1S/C21H30FN3O2/c22-21(15-24-19-14-18(19)16-4-2-1-3-5-16)8-12-25(13-9-21)20(26)27-17-6-10-23-11-7-17/h1-5,17-19,23-24H,6-15H2/t18-,19+/m0/s1. The van der Waals surface area contributed by atoms with Crippen LogP contribution in [-0.4, -0.2) is 61.5 Å². The zero-order valence-electron chi connectivity index (χ0n) is 15.8. The molecule has 1 aromatic carbocycles. The Hall–Kier alpha value is -1.66. The van der Waals surface area contributed by atoms with Gasteiger partial charge in [0.1, 0.15) is 11.8 Å². The molecule has 6 heteroatoms. The van der Waals surface area contributed by atoms with Crippen molar-refractivity contribution in [3.05, 3.63) is 35.9 Å². The molecule has 3 fully saturated rings. The number of alkyl halides is 1. The largest absolute Gasteiger partial charge is 0.446 e. The number of likely N-dealkylation sites (tertiary alicyclic amines) is 1. The van der Waals surface area contributed by atoms with Gasteiger partial charge in [-0.1, -0.05) is 30.3 Å². The predicted octanol–water partition coefficient (Wildman–Crippen LogP) is 2.82. The van der Waals surface area contributed by atoms with Gasteiger partial charge >= 0.3 is 6.09 Å². The lowest BCUT2D eigenvalue weighted by atomic mass is 9.93. The summed E-state index contributed by atoms with van der Waals surface area (Å²) in [4.78, 5) is 14.0. The first-order valence-corrected chi connectivity index (χ1v) is 10.3. The monoisotopic (exact) mass is 375 g/mol. The molecule has 1 amide bonds. The van der Waals surface area contributed by atoms with Gasteiger partial charge in [-0.2, -0.15) is 0 Å². The van der Waals surface area contributed by atoms with Crippen molar-refractivity contribution in [2.45, 2.75) is 55.8 Å². The van der Waals surface area contributed by atoms with Gasteiger partial charge in [-0.05, 0) is 37.9 Å². The molecule has 3 aliphatic rings. The quantitative estimate of drug-likeness (QED) is 0.831. The van der Waals surface area contributed by atoms with Gasteiger partial charge in [0.15, 0.2) is 0 Å². The lowest BCUT2D eigenvalue weighted by Gasteiger charge is -2.37. The first-order chi connectivity index (χ1) is 13.1. The van der Waals surface area contributed by atoms with Gasteiger partial charge in [0.25, 0.3) is 0 Å². The summed E-state index contributed by atoms with van der Waals surface area (Å²) in [5.41, 5.74) is 0.105. The number of nitrogens with zero attached hydrogens (tertiary/aromatic N) is 1. The van der Waals surface area contributed by atoms with E-state index in [0.717, 1.165) is 32.4 Å². The van der Waals surface area contributed by atoms with Crippen LogP contribution in [0.2, 0.25) is 0 Å². The third-order valence-electron chi connectivity index (χ3n) is 6.17. The van der Waals surface area contributed by atoms with Crippen LogP contribution in [0.15, 0.2) is 30.3 Å². The van der Waals surface area contributed by atoms with Gasteiger partial charge in [0.2, 0.25) is 0 Å². The third kappa shape index (κ3) is 4.79. The van der Waals surface area contributed by atoms with Crippen molar-refractivity contribution in [3.63, 3.8) is 0 Å². The summed E-state index contributed by atoms with van der Waals surface area (Å²) in [7, 11) is 0. The van der Waals surface area contributed by atoms with Crippen LogP contribution in [0.25, 0.3) is 0 Å². The van der Waals surface area contributed by atoms with E-state index in [1.165, 1.54) is 5.56 Å². The Labute approximate surface area is 160 Å². The molecule has 5 nitrogen and oxygen atoms in total. The van der Waals surface area contributed by atoms with Crippen molar-refractivity contribution in [3.8, 4) is 0 Å². The van der Waals surface area contributed by atoms with Crippen LogP contribution in [0.5, 0.6) is 0 Å². The minimum Gasteiger partial charge on any atom is -0.446 e. The van der Waals surface area contributed by atoms with Gasteiger partial charge < -0.3 is 20.3 Å². The highest BCUT2D eigenvalue weighted by Crippen LogP contribution is 2.41. The number of hydrogen-bond acceptors (Lipinski definition) is 4. The fourth-order valence-corrected chi connectivity index (χ4v) is 4.20. The van der Waals surface area contributed by atoms with E-state index in [1.807, 2.05) is 6.07 Å². The third-order valence-corrected chi connectivity index (χ3v) is 6.17. The van der Waals surface area contributed by atoms with E-state index in [0.29, 0.717) is 44.4 Å². The topological polar surface area (TPSA) is 53.6 Å². The van der Waals surface area contributed by atoms with E-state index in [4.69, 9.17) is 4.74 Å². The molecule has 0 radical (unpaired) electrons. The number of benzene rings is 1. The van der Waals surface area contributed by atoms with E-state index in [-0.39, 0.29) is 12.2 Å². The maximum Gasteiger partial charge on any atom is 0.410 e. The molecule has 4 rings (SSSR count). The molecule has 0 aromatic heterocycles. The predicted molar refractivity (Wildman–Crippen MR) is 103 cm³/mol. The molecule has 1 aromatic rings. The summed E-state index contributed by atoms with van der Waals surface area (Å²) in [5, 5.41) is 6.67. The molecule has 2 heterocycles. The highest BCUT2D eigenvalue weighted by molar-refractivity contribution is 5.68. The number of carbonyl (C=O) groups is 1. The maximum atomic E-state index is 15.1. The molecule has 2 aliphatic heterocycles. The van der Waals surface area contributed by atoms with Crippen LogP contribution in [0.3, 0.4) is 0 Å². The summed E-state index contributed by atoms with van der Waals surface area (Å²) < 4.78 is 20.7. The average molecular weight is 375 g/mol. The van der Waals surface area contributed by atoms with Gasteiger partial charge in [0.05, 0.1) is 0 Å². The molecule has 0 unspecified atom stereocenters. The summed E-state index contributed by atoms with van der Waals surface area (Å²) in [5.74, 6) is 0.509. The van der Waals surface area contributed by atoms with E-state index in [1.54, 1.807) is 4.90 Å². The van der Waals surface area contributed by atoms with Crippen molar-refractivity contribution < 1.29 is 13.9 Å². The van der Waals surface area contributed by atoms with Gasteiger partial charge in [-0.3, -0.25) is 0 Å². The van der Waals surface area contributed by atoms with E-state index < -0.39 is 5.67 Å². The lowest BCUT2D eigenvalue weighted by molar-refractivity contribution is 0.0193. The van der Waals surface area contributed by atoms with Crippen molar-refractivity contribution >= 4 is 6.09 Å². The van der Waals surface area contributed by atoms with Crippen LogP contribution in [-0.2, 0) is 4.74 Å². The van der Waals surface area contributed by atoms with Gasteiger partial charge in [0, 0.05) is 44.4 Å². The normalized spacial score (nSPS) is 28.0. The van der Waals surface area contributed by atoms with Crippen LogP contribution < -0.4 is 10.6 Å². The number of carbonyl (C=O) groups excluding carboxylic acids is 1. The Morgan fingerprint density at radius 2 is 1.93 bits per heavy atom. The minimum atomic E-state index is -1.23. The summed E-state index contributed by atoms with van der Waals surface area (Å²) in [6, 6.07) is 10.8. The van der Waals surface area contributed by atoms with Crippen LogP contribution in [0, 0.1) is 0 Å². The van der Waals surface area contributed by atoms with Crippen molar-refractivity contribution in [2.24, 2.45) is 0 Å². The Kier molecular flexibility index (Phi) is 5.64. The average Bonchev–Trinajstić information content (AvgIpc) is 3.48. The number of ether oxygens (including phenoxy) is 1. The van der Waals surface area contributed by atoms with E-state index in [9.17, 15) is 4.79 Å². The Bertz CT molecular complexity index is 628. The van der Waals surface area contributed by atoms with E-state index >= 15 is 4.39 Å². The van der Waals surface area contributed by atoms with Crippen LogP contribution in [0.1, 0.15) is 43.6 Å². The van der Waals surface area contributed by atoms with Crippen LogP contribution >= 0.6 is 0 Å². The molecule has 0 spiro atoms.